The summed E-state index contributed by atoms with van der Waals surface area (Å²) in [5.41, 5.74) is 1.12. The predicted molar refractivity (Wildman–Crippen MR) is 77.1 cm³/mol. The normalized spacial score (nSPS) is 12.4. The highest BCUT2D eigenvalue weighted by Gasteiger charge is 2.09. The van der Waals surface area contributed by atoms with Crippen LogP contribution < -0.4 is 10.2 Å². The highest BCUT2D eigenvalue weighted by molar-refractivity contribution is 5.27. The topological polar surface area (TPSA) is 41.1 Å². The Kier molecular flexibility index (Phi) is 6.65. The lowest BCUT2D eigenvalue weighted by atomic mass is 10.1. The molecule has 1 atom stereocenters. The molecule has 1 unspecified atom stereocenters. The van der Waals surface area contributed by atoms with E-state index in [0.717, 1.165) is 24.6 Å². The maximum absolute atomic E-state index is 4.58. The van der Waals surface area contributed by atoms with Crippen LogP contribution in [0.5, 0.6) is 0 Å². The van der Waals surface area contributed by atoms with E-state index in [-0.39, 0.29) is 0 Å². The Morgan fingerprint density at radius 3 is 2.67 bits per heavy atom. The third kappa shape index (κ3) is 5.00. The Morgan fingerprint density at radius 2 is 2.06 bits per heavy atom. The third-order valence-corrected chi connectivity index (χ3v) is 2.88. The molecular weight excluding hydrogens is 224 g/mol. The molecule has 0 spiro atoms. The molecule has 0 saturated heterocycles. The number of hydrogen-bond donors (Lipinski definition) is 1. The molecule has 0 aliphatic heterocycles. The van der Waals surface area contributed by atoms with Crippen molar-refractivity contribution in [3.05, 3.63) is 18.0 Å². The second kappa shape index (κ2) is 8.03. The summed E-state index contributed by atoms with van der Waals surface area (Å²) in [5.74, 6) is 0.790. The van der Waals surface area contributed by atoms with Crippen LogP contribution in [-0.2, 0) is 6.42 Å². The lowest BCUT2D eigenvalue weighted by Crippen LogP contribution is -2.32. The van der Waals surface area contributed by atoms with Gasteiger partial charge in [-0.15, -0.1) is 0 Å². The summed E-state index contributed by atoms with van der Waals surface area (Å²) in [4.78, 5) is 10.8. The van der Waals surface area contributed by atoms with Crippen LogP contribution in [0.25, 0.3) is 0 Å². The van der Waals surface area contributed by atoms with Crippen molar-refractivity contribution in [1.29, 1.82) is 0 Å². The quantitative estimate of drug-likeness (QED) is 0.768. The molecule has 1 N–H and O–H groups in total. The van der Waals surface area contributed by atoms with Crippen LogP contribution >= 0.6 is 0 Å². The van der Waals surface area contributed by atoms with Gasteiger partial charge in [0, 0.05) is 38.4 Å². The minimum atomic E-state index is 0.528. The van der Waals surface area contributed by atoms with Gasteiger partial charge in [-0.2, -0.15) is 0 Å². The first-order valence-corrected chi connectivity index (χ1v) is 6.90. The Hall–Kier alpha value is -1.16. The average molecular weight is 250 g/mol. The molecule has 0 aromatic carbocycles. The number of aromatic nitrogens is 2. The maximum Gasteiger partial charge on any atom is 0.224 e. The van der Waals surface area contributed by atoms with E-state index in [9.17, 15) is 0 Å². The first-order chi connectivity index (χ1) is 8.67. The highest BCUT2D eigenvalue weighted by Crippen LogP contribution is 2.08. The summed E-state index contributed by atoms with van der Waals surface area (Å²) in [6, 6.07) is 2.54. The molecule has 0 bridgehead atoms. The largest absolute Gasteiger partial charge is 0.347 e. The minimum Gasteiger partial charge on any atom is -0.347 e. The van der Waals surface area contributed by atoms with Crippen molar-refractivity contribution in [1.82, 2.24) is 15.3 Å². The summed E-state index contributed by atoms with van der Waals surface area (Å²) in [7, 11) is 3.94. The number of anilines is 1. The summed E-state index contributed by atoms with van der Waals surface area (Å²) in [6.07, 6.45) is 6.40. The van der Waals surface area contributed by atoms with E-state index in [1.807, 2.05) is 31.3 Å². The summed E-state index contributed by atoms with van der Waals surface area (Å²) in [5, 5.41) is 3.59. The number of rotatable bonds is 8. The van der Waals surface area contributed by atoms with Crippen molar-refractivity contribution in [2.45, 2.75) is 45.6 Å². The van der Waals surface area contributed by atoms with Crippen LogP contribution in [0.1, 0.15) is 38.8 Å². The Morgan fingerprint density at radius 1 is 1.28 bits per heavy atom. The van der Waals surface area contributed by atoms with Crippen molar-refractivity contribution < 1.29 is 0 Å². The van der Waals surface area contributed by atoms with Crippen LogP contribution in [0.2, 0.25) is 0 Å². The first-order valence-electron chi connectivity index (χ1n) is 6.90. The fourth-order valence-corrected chi connectivity index (χ4v) is 1.94. The van der Waals surface area contributed by atoms with E-state index >= 15 is 0 Å². The molecule has 0 saturated carbocycles. The molecule has 1 rings (SSSR count). The fraction of sp³-hybridized carbons (Fsp3) is 0.714. The van der Waals surface area contributed by atoms with E-state index in [0.29, 0.717) is 6.04 Å². The van der Waals surface area contributed by atoms with Gasteiger partial charge in [-0.25, -0.2) is 9.97 Å². The van der Waals surface area contributed by atoms with Crippen molar-refractivity contribution >= 4 is 5.95 Å². The van der Waals surface area contributed by atoms with Crippen LogP contribution in [0, 0.1) is 0 Å². The molecule has 0 radical (unpaired) electrons. The van der Waals surface area contributed by atoms with Gasteiger partial charge < -0.3 is 10.2 Å². The molecule has 0 aliphatic rings. The van der Waals surface area contributed by atoms with Gasteiger partial charge >= 0.3 is 0 Å². The van der Waals surface area contributed by atoms with Gasteiger partial charge in [-0.05, 0) is 25.5 Å². The van der Waals surface area contributed by atoms with Crippen LogP contribution in [0.3, 0.4) is 0 Å². The molecule has 18 heavy (non-hydrogen) atoms. The van der Waals surface area contributed by atoms with Gasteiger partial charge in [0.2, 0.25) is 5.95 Å². The van der Waals surface area contributed by atoms with Crippen LogP contribution in [-0.4, -0.2) is 36.6 Å². The highest BCUT2D eigenvalue weighted by atomic mass is 15.2. The summed E-state index contributed by atoms with van der Waals surface area (Å²) < 4.78 is 0. The number of nitrogens with zero attached hydrogens (tertiary/aromatic N) is 3. The van der Waals surface area contributed by atoms with Crippen molar-refractivity contribution in [3.63, 3.8) is 0 Å². The molecule has 0 aliphatic carbocycles. The van der Waals surface area contributed by atoms with Crippen LogP contribution in [0.15, 0.2) is 12.3 Å². The molecule has 1 aromatic heterocycles. The monoisotopic (exact) mass is 250 g/mol. The third-order valence-electron chi connectivity index (χ3n) is 2.88. The van der Waals surface area contributed by atoms with Gasteiger partial charge in [-0.3, -0.25) is 0 Å². The Labute approximate surface area is 111 Å². The maximum atomic E-state index is 4.58. The van der Waals surface area contributed by atoms with E-state index in [4.69, 9.17) is 0 Å². The smallest absolute Gasteiger partial charge is 0.224 e. The van der Waals surface area contributed by atoms with Crippen molar-refractivity contribution in [3.8, 4) is 0 Å². The zero-order chi connectivity index (χ0) is 13.4. The Balaban J connectivity index is 2.64. The van der Waals surface area contributed by atoms with Crippen LogP contribution in [0.4, 0.5) is 5.95 Å². The molecule has 0 fully saturated rings. The lowest BCUT2D eigenvalue weighted by molar-refractivity contribution is 0.469. The molecule has 1 aromatic rings. The molecule has 1 heterocycles. The van der Waals surface area contributed by atoms with Crippen molar-refractivity contribution in [2.75, 3.05) is 25.5 Å². The SMILES string of the molecule is CCCNC(CCC)Cc1ccnc(N(C)C)n1. The molecule has 4 nitrogen and oxygen atoms in total. The zero-order valence-electron chi connectivity index (χ0n) is 12.1. The van der Waals surface area contributed by atoms with E-state index < -0.39 is 0 Å². The summed E-state index contributed by atoms with van der Waals surface area (Å²) >= 11 is 0. The van der Waals surface area contributed by atoms with E-state index in [1.165, 1.54) is 19.3 Å². The predicted octanol–water partition coefficient (Wildman–Crippen LogP) is 2.25. The minimum absolute atomic E-state index is 0.528. The molecular formula is C14H26N4. The molecule has 4 heteroatoms. The summed E-state index contributed by atoms with van der Waals surface area (Å²) in [6.45, 7) is 5.51. The van der Waals surface area contributed by atoms with E-state index in [2.05, 4.69) is 29.1 Å². The first kappa shape index (κ1) is 14.9. The zero-order valence-corrected chi connectivity index (χ0v) is 12.1. The number of hydrogen-bond acceptors (Lipinski definition) is 4. The van der Waals surface area contributed by atoms with Gasteiger partial charge in [0.05, 0.1) is 0 Å². The second-order valence-corrected chi connectivity index (χ2v) is 4.89. The fourth-order valence-electron chi connectivity index (χ4n) is 1.94. The van der Waals surface area contributed by atoms with Crippen molar-refractivity contribution in [2.24, 2.45) is 0 Å². The van der Waals surface area contributed by atoms with Gasteiger partial charge in [0.15, 0.2) is 0 Å². The lowest BCUT2D eigenvalue weighted by Gasteiger charge is -2.18. The van der Waals surface area contributed by atoms with Gasteiger partial charge in [0.1, 0.15) is 0 Å². The number of nitrogens with one attached hydrogen (secondary N) is 1. The second-order valence-electron chi connectivity index (χ2n) is 4.89. The van der Waals surface area contributed by atoms with E-state index in [1.54, 1.807) is 0 Å². The molecule has 102 valence electrons. The average Bonchev–Trinajstić information content (AvgIpc) is 2.36. The molecule has 0 amide bonds. The Bertz CT molecular complexity index is 338. The van der Waals surface area contributed by atoms with Gasteiger partial charge in [0.25, 0.3) is 0 Å². The van der Waals surface area contributed by atoms with Gasteiger partial charge in [-0.1, -0.05) is 20.3 Å². The standard InChI is InChI=1S/C14H26N4/c1-5-7-12(15-9-6-2)11-13-8-10-16-14(17-13)18(3)4/h8,10,12,15H,5-7,9,11H2,1-4H3.